The molecule has 31 heavy (non-hydrogen) atoms. The minimum Gasteiger partial charge on any atom is -0.490 e. The van der Waals surface area contributed by atoms with Gasteiger partial charge >= 0.3 is 6.09 Å². The van der Waals surface area contributed by atoms with Gasteiger partial charge in [-0.05, 0) is 76.1 Å². The van der Waals surface area contributed by atoms with E-state index in [0.29, 0.717) is 39.5 Å². The Kier molecular flexibility index (Phi) is 6.15. The number of amides is 2. The molecule has 2 amide bonds. The van der Waals surface area contributed by atoms with Gasteiger partial charge in [0.05, 0.1) is 12.2 Å². The highest BCUT2D eigenvalue weighted by atomic mass is 16.6. The fraction of sp³-hybridized carbons (Fsp3) is 0.667. The highest BCUT2D eigenvalue weighted by Crippen LogP contribution is 2.41. The molecule has 0 unspecified atom stereocenters. The molecule has 0 aromatic heterocycles. The Morgan fingerprint density at radius 3 is 2.48 bits per heavy atom. The van der Waals surface area contributed by atoms with Crippen LogP contribution >= 0.6 is 0 Å². The van der Waals surface area contributed by atoms with Crippen molar-refractivity contribution in [2.45, 2.75) is 59.0 Å². The fourth-order valence-electron chi connectivity index (χ4n) is 4.77. The maximum Gasteiger partial charge on any atom is 0.410 e. The maximum atomic E-state index is 13.3. The fourth-order valence-corrected chi connectivity index (χ4v) is 4.77. The number of carbonyl (C=O) groups is 2. The van der Waals surface area contributed by atoms with Crippen molar-refractivity contribution in [3.05, 3.63) is 22.8 Å². The zero-order valence-electron chi connectivity index (χ0n) is 19.2. The number of carbonyl (C=O) groups excluding carboxylic acids is 2. The molecule has 3 aliphatic rings. The van der Waals surface area contributed by atoms with Crippen molar-refractivity contribution in [3.8, 4) is 5.75 Å². The number of nitrogens with zero attached hydrogens (tertiary/aromatic N) is 2. The SMILES string of the molecule is Cc1c2c(cc3c1N(C(=O)C1CCOCC1)CCO3)CCN(C(=O)OC(C)(C)C)CC2. The third-order valence-corrected chi connectivity index (χ3v) is 6.35. The molecule has 3 heterocycles. The molecule has 0 radical (unpaired) electrons. The second-order valence-electron chi connectivity index (χ2n) is 9.68. The van der Waals surface area contributed by atoms with Gasteiger partial charge in [-0.25, -0.2) is 4.79 Å². The molecule has 1 fully saturated rings. The van der Waals surface area contributed by atoms with Crippen molar-refractivity contribution in [2.75, 3.05) is 44.4 Å². The molecule has 0 N–H and O–H groups in total. The number of hydrogen-bond acceptors (Lipinski definition) is 5. The Labute approximate surface area is 184 Å². The molecular formula is C24H34N2O5. The minimum absolute atomic E-state index is 0.0144. The summed E-state index contributed by atoms with van der Waals surface area (Å²) >= 11 is 0. The maximum absolute atomic E-state index is 13.3. The first-order chi connectivity index (χ1) is 14.7. The first kappa shape index (κ1) is 21.9. The number of anilines is 1. The van der Waals surface area contributed by atoms with Crippen LogP contribution in [0, 0.1) is 12.8 Å². The summed E-state index contributed by atoms with van der Waals surface area (Å²) in [7, 11) is 0. The lowest BCUT2D eigenvalue weighted by atomic mass is 9.93. The second kappa shape index (κ2) is 8.69. The van der Waals surface area contributed by atoms with Crippen LogP contribution in [0.4, 0.5) is 10.5 Å². The van der Waals surface area contributed by atoms with Crippen molar-refractivity contribution in [1.29, 1.82) is 0 Å². The topological polar surface area (TPSA) is 68.3 Å². The summed E-state index contributed by atoms with van der Waals surface area (Å²) in [5, 5.41) is 0. The van der Waals surface area contributed by atoms with Crippen LogP contribution in [0.15, 0.2) is 6.07 Å². The lowest BCUT2D eigenvalue weighted by Gasteiger charge is -2.35. The molecule has 0 atom stereocenters. The second-order valence-corrected chi connectivity index (χ2v) is 9.68. The van der Waals surface area contributed by atoms with Crippen molar-refractivity contribution in [2.24, 2.45) is 5.92 Å². The van der Waals surface area contributed by atoms with Crippen LogP contribution in [-0.4, -0.2) is 62.0 Å². The molecule has 1 saturated heterocycles. The molecule has 0 saturated carbocycles. The van der Waals surface area contributed by atoms with Crippen LogP contribution in [0.2, 0.25) is 0 Å². The molecule has 0 spiro atoms. The van der Waals surface area contributed by atoms with E-state index in [9.17, 15) is 9.59 Å². The van der Waals surface area contributed by atoms with Crippen LogP contribution in [0.1, 0.15) is 50.3 Å². The lowest BCUT2D eigenvalue weighted by Crippen LogP contribution is -2.43. The van der Waals surface area contributed by atoms with Gasteiger partial charge in [-0.1, -0.05) is 0 Å². The van der Waals surface area contributed by atoms with Crippen LogP contribution in [-0.2, 0) is 27.1 Å². The Morgan fingerprint density at radius 2 is 1.77 bits per heavy atom. The molecule has 1 aromatic carbocycles. The molecule has 3 aliphatic heterocycles. The van der Waals surface area contributed by atoms with Crippen LogP contribution in [0.3, 0.4) is 0 Å². The molecule has 7 nitrogen and oxygen atoms in total. The summed E-state index contributed by atoms with van der Waals surface area (Å²) in [6.45, 7) is 11.3. The Balaban J connectivity index is 1.58. The standard InChI is InChI=1S/C24H34N2O5/c1-16-19-6-10-25(23(28)31-24(2,3)4)9-5-18(19)15-20-21(16)26(11-14-30-20)22(27)17-7-12-29-13-8-17/h15,17H,5-14H2,1-4H3. The largest absolute Gasteiger partial charge is 0.490 e. The van der Waals surface area contributed by atoms with Crippen molar-refractivity contribution in [3.63, 3.8) is 0 Å². The highest BCUT2D eigenvalue weighted by molar-refractivity contribution is 5.98. The van der Waals surface area contributed by atoms with Gasteiger partial charge in [-0.3, -0.25) is 4.79 Å². The van der Waals surface area contributed by atoms with Gasteiger partial charge in [-0.2, -0.15) is 0 Å². The van der Waals surface area contributed by atoms with E-state index in [1.165, 1.54) is 11.1 Å². The van der Waals surface area contributed by atoms with E-state index in [1.807, 2.05) is 25.7 Å². The van der Waals surface area contributed by atoms with E-state index in [1.54, 1.807) is 4.90 Å². The van der Waals surface area contributed by atoms with E-state index in [4.69, 9.17) is 14.2 Å². The zero-order chi connectivity index (χ0) is 22.2. The van der Waals surface area contributed by atoms with Gasteiger partial charge in [-0.15, -0.1) is 0 Å². The van der Waals surface area contributed by atoms with E-state index >= 15 is 0 Å². The number of benzene rings is 1. The summed E-state index contributed by atoms with van der Waals surface area (Å²) in [6.07, 6.45) is 2.78. The van der Waals surface area contributed by atoms with E-state index in [2.05, 4.69) is 13.0 Å². The highest BCUT2D eigenvalue weighted by Gasteiger charge is 2.34. The Hall–Kier alpha value is -2.28. The first-order valence-corrected chi connectivity index (χ1v) is 11.4. The predicted molar refractivity (Wildman–Crippen MR) is 118 cm³/mol. The zero-order valence-corrected chi connectivity index (χ0v) is 19.2. The first-order valence-electron chi connectivity index (χ1n) is 11.4. The number of ether oxygens (including phenoxy) is 3. The third kappa shape index (κ3) is 4.66. The Bertz CT molecular complexity index is 855. The number of fused-ring (bicyclic) bond motifs is 2. The number of hydrogen-bond donors (Lipinski definition) is 0. The average molecular weight is 431 g/mol. The molecule has 170 valence electrons. The summed E-state index contributed by atoms with van der Waals surface area (Å²) in [5.41, 5.74) is 3.91. The number of rotatable bonds is 1. The van der Waals surface area contributed by atoms with Gasteiger partial charge in [0.1, 0.15) is 18.0 Å². The minimum atomic E-state index is -0.510. The lowest BCUT2D eigenvalue weighted by molar-refractivity contribution is -0.125. The summed E-state index contributed by atoms with van der Waals surface area (Å²) in [6, 6.07) is 2.08. The third-order valence-electron chi connectivity index (χ3n) is 6.35. The van der Waals surface area contributed by atoms with Crippen molar-refractivity contribution in [1.82, 2.24) is 4.90 Å². The molecule has 0 bridgehead atoms. The van der Waals surface area contributed by atoms with Crippen LogP contribution < -0.4 is 9.64 Å². The van der Waals surface area contributed by atoms with Gasteiger partial charge in [0.25, 0.3) is 0 Å². The average Bonchev–Trinajstić information content (AvgIpc) is 2.95. The molecular weight excluding hydrogens is 396 g/mol. The normalized spacial score (nSPS) is 19.7. The predicted octanol–water partition coefficient (Wildman–Crippen LogP) is 3.48. The van der Waals surface area contributed by atoms with E-state index in [0.717, 1.165) is 42.7 Å². The molecule has 7 heteroatoms. The molecule has 0 aliphatic carbocycles. The van der Waals surface area contributed by atoms with Crippen LogP contribution in [0.5, 0.6) is 5.75 Å². The smallest absolute Gasteiger partial charge is 0.410 e. The quantitative estimate of drug-likeness (QED) is 0.682. The van der Waals surface area contributed by atoms with Crippen molar-refractivity contribution >= 4 is 17.7 Å². The molecule has 1 aromatic rings. The monoisotopic (exact) mass is 430 g/mol. The van der Waals surface area contributed by atoms with E-state index in [-0.39, 0.29) is 17.9 Å². The summed E-state index contributed by atoms with van der Waals surface area (Å²) in [5.74, 6) is 0.981. The summed E-state index contributed by atoms with van der Waals surface area (Å²) < 4.78 is 17.0. The van der Waals surface area contributed by atoms with Crippen molar-refractivity contribution < 1.29 is 23.8 Å². The molecule has 4 rings (SSSR count). The van der Waals surface area contributed by atoms with E-state index < -0.39 is 5.60 Å². The van der Waals surface area contributed by atoms with Crippen LogP contribution in [0.25, 0.3) is 0 Å². The Morgan fingerprint density at radius 1 is 1.06 bits per heavy atom. The van der Waals surface area contributed by atoms with Gasteiger partial charge in [0.2, 0.25) is 5.91 Å². The van der Waals surface area contributed by atoms with Gasteiger partial charge in [0.15, 0.2) is 0 Å². The van der Waals surface area contributed by atoms with Gasteiger partial charge in [0, 0.05) is 32.2 Å². The van der Waals surface area contributed by atoms with Gasteiger partial charge < -0.3 is 24.0 Å². The summed E-state index contributed by atoms with van der Waals surface area (Å²) in [4.78, 5) is 29.6.